The molecule has 0 aliphatic carbocycles. The van der Waals surface area contributed by atoms with Crippen LogP contribution in [0.2, 0.25) is 0 Å². The number of carbonyl (C=O) groups excluding carboxylic acids is 1. The SMILES string of the molecule is CC(C)(C)OC(=O)N[C@@H]1CCN(c2nc3nc(N4CCOCC4)oc3cc2N)C1. The largest absolute Gasteiger partial charge is 0.444 e. The van der Waals surface area contributed by atoms with Gasteiger partial charge in [-0.15, -0.1) is 0 Å². The van der Waals surface area contributed by atoms with Gasteiger partial charge in [-0.05, 0) is 27.2 Å². The van der Waals surface area contributed by atoms with Crippen molar-refractivity contribution in [3.63, 3.8) is 0 Å². The minimum atomic E-state index is -0.523. The summed E-state index contributed by atoms with van der Waals surface area (Å²) >= 11 is 0. The minimum Gasteiger partial charge on any atom is -0.444 e. The molecule has 2 aliphatic rings. The van der Waals surface area contributed by atoms with Crippen LogP contribution in [0.15, 0.2) is 10.5 Å². The lowest BCUT2D eigenvalue weighted by Crippen LogP contribution is -2.40. The Bertz CT molecular complexity index is 887. The van der Waals surface area contributed by atoms with Crippen molar-refractivity contribution in [3.8, 4) is 0 Å². The summed E-state index contributed by atoms with van der Waals surface area (Å²) in [5.74, 6) is 0.660. The van der Waals surface area contributed by atoms with E-state index in [1.165, 1.54) is 0 Å². The number of nitrogen functional groups attached to an aromatic ring is 1. The number of nitrogens with zero attached hydrogens (tertiary/aromatic N) is 4. The van der Waals surface area contributed by atoms with E-state index in [0.717, 1.165) is 26.1 Å². The van der Waals surface area contributed by atoms with Crippen molar-refractivity contribution in [1.29, 1.82) is 0 Å². The number of amides is 1. The molecule has 1 amide bonds. The van der Waals surface area contributed by atoms with Crippen LogP contribution in [0.4, 0.5) is 22.3 Å². The Balaban J connectivity index is 1.46. The van der Waals surface area contributed by atoms with E-state index < -0.39 is 11.7 Å². The zero-order valence-corrected chi connectivity index (χ0v) is 17.1. The second-order valence-corrected chi connectivity index (χ2v) is 8.40. The van der Waals surface area contributed by atoms with Crippen LogP contribution in [0.25, 0.3) is 11.2 Å². The first-order valence-corrected chi connectivity index (χ1v) is 9.93. The number of carbonyl (C=O) groups is 1. The fourth-order valence-electron chi connectivity index (χ4n) is 3.55. The third-order valence-corrected chi connectivity index (χ3v) is 4.87. The number of oxazole rings is 1. The summed E-state index contributed by atoms with van der Waals surface area (Å²) in [5, 5.41) is 2.91. The number of nitrogens with two attached hydrogens (primary N) is 1. The number of hydrogen-bond donors (Lipinski definition) is 2. The smallest absolute Gasteiger partial charge is 0.407 e. The van der Waals surface area contributed by atoms with Gasteiger partial charge in [0.05, 0.1) is 24.9 Å². The first kappa shape index (κ1) is 19.6. The maximum atomic E-state index is 12.0. The number of rotatable bonds is 3. The van der Waals surface area contributed by atoms with E-state index >= 15 is 0 Å². The molecule has 2 saturated heterocycles. The van der Waals surface area contributed by atoms with E-state index in [1.54, 1.807) is 6.07 Å². The summed E-state index contributed by atoms with van der Waals surface area (Å²) in [7, 11) is 0. The van der Waals surface area contributed by atoms with Gasteiger partial charge in [0.2, 0.25) is 5.65 Å². The number of aromatic nitrogens is 2. The van der Waals surface area contributed by atoms with Crippen molar-refractivity contribution in [2.75, 3.05) is 54.9 Å². The molecule has 4 heterocycles. The Hall–Kier alpha value is -2.75. The van der Waals surface area contributed by atoms with E-state index in [4.69, 9.17) is 19.6 Å². The number of ether oxygens (including phenoxy) is 2. The molecule has 2 aliphatic heterocycles. The molecular formula is C19H28N6O4. The summed E-state index contributed by atoms with van der Waals surface area (Å²) < 4.78 is 16.6. The molecule has 0 unspecified atom stereocenters. The van der Waals surface area contributed by atoms with Crippen molar-refractivity contribution >= 4 is 34.8 Å². The summed E-state index contributed by atoms with van der Waals surface area (Å²) in [5.41, 5.74) is 7.34. The molecule has 0 radical (unpaired) electrons. The van der Waals surface area contributed by atoms with Crippen LogP contribution >= 0.6 is 0 Å². The predicted molar refractivity (Wildman–Crippen MR) is 109 cm³/mol. The van der Waals surface area contributed by atoms with Crippen LogP contribution in [0.3, 0.4) is 0 Å². The zero-order valence-electron chi connectivity index (χ0n) is 17.1. The third kappa shape index (κ3) is 4.47. The molecule has 0 bridgehead atoms. The molecule has 158 valence electrons. The molecule has 10 nitrogen and oxygen atoms in total. The predicted octanol–water partition coefficient (Wildman–Crippen LogP) is 1.74. The van der Waals surface area contributed by atoms with Gasteiger partial charge >= 0.3 is 6.09 Å². The number of alkyl carbamates (subject to hydrolysis) is 1. The molecule has 0 saturated carbocycles. The zero-order chi connectivity index (χ0) is 20.6. The van der Waals surface area contributed by atoms with Crippen molar-refractivity contribution < 1.29 is 18.7 Å². The first-order valence-electron chi connectivity index (χ1n) is 9.93. The second-order valence-electron chi connectivity index (χ2n) is 8.40. The van der Waals surface area contributed by atoms with Gasteiger partial charge in [-0.1, -0.05) is 0 Å². The fourth-order valence-corrected chi connectivity index (χ4v) is 3.55. The number of fused-ring (bicyclic) bond motifs is 1. The lowest BCUT2D eigenvalue weighted by Gasteiger charge is -2.24. The Kier molecular flexibility index (Phi) is 5.12. The summed E-state index contributed by atoms with van der Waals surface area (Å²) in [4.78, 5) is 25.3. The van der Waals surface area contributed by atoms with Crippen LogP contribution in [-0.2, 0) is 9.47 Å². The molecule has 0 spiro atoms. The van der Waals surface area contributed by atoms with Crippen LogP contribution in [-0.4, -0.2) is 67.1 Å². The molecule has 4 rings (SSSR count). The van der Waals surface area contributed by atoms with E-state index in [1.807, 2.05) is 25.7 Å². The lowest BCUT2D eigenvalue weighted by molar-refractivity contribution is 0.0509. The molecule has 29 heavy (non-hydrogen) atoms. The molecular weight excluding hydrogens is 376 g/mol. The van der Waals surface area contributed by atoms with Crippen LogP contribution < -0.4 is 20.9 Å². The normalized spacial score (nSPS) is 20.3. The molecule has 1 atom stereocenters. The van der Waals surface area contributed by atoms with Crippen LogP contribution in [0.5, 0.6) is 0 Å². The number of anilines is 3. The highest BCUT2D eigenvalue weighted by molar-refractivity contribution is 5.81. The van der Waals surface area contributed by atoms with Gasteiger partial charge in [0.1, 0.15) is 5.60 Å². The average molecular weight is 404 g/mol. The van der Waals surface area contributed by atoms with E-state index in [9.17, 15) is 4.79 Å². The highest BCUT2D eigenvalue weighted by Gasteiger charge is 2.29. The number of morpholine rings is 1. The van der Waals surface area contributed by atoms with Crippen molar-refractivity contribution in [2.24, 2.45) is 0 Å². The van der Waals surface area contributed by atoms with Gasteiger partial charge in [0, 0.05) is 32.2 Å². The van der Waals surface area contributed by atoms with Gasteiger partial charge in [-0.3, -0.25) is 0 Å². The van der Waals surface area contributed by atoms with E-state index in [-0.39, 0.29) is 6.04 Å². The fraction of sp³-hybridized carbons (Fsp3) is 0.632. The molecule has 3 N–H and O–H groups in total. The van der Waals surface area contributed by atoms with Gasteiger partial charge in [0.15, 0.2) is 11.4 Å². The van der Waals surface area contributed by atoms with Gasteiger partial charge < -0.3 is 34.7 Å². The molecule has 0 aromatic carbocycles. The molecule has 2 aromatic rings. The van der Waals surface area contributed by atoms with Crippen molar-refractivity contribution in [2.45, 2.75) is 38.8 Å². The van der Waals surface area contributed by atoms with Gasteiger partial charge in [0.25, 0.3) is 6.01 Å². The third-order valence-electron chi connectivity index (χ3n) is 4.87. The van der Waals surface area contributed by atoms with Crippen LogP contribution in [0.1, 0.15) is 27.2 Å². The highest BCUT2D eigenvalue weighted by Crippen LogP contribution is 2.30. The molecule has 2 aromatic heterocycles. The second kappa shape index (κ2) is 7.58. The Morgan fingerprint density at radius 2 is 2.00 bits per heavy atom. The lowest BCUT2D eigenvalue weighted by atomic mass is 10.2. The summed E-state index contributed by atoms with van der Waals surface area (Å²) in [6.45, 7) is 9.65. The standard InChI is InChI=1S/C19H28N6O4/c1-19(2,3)29-18(26)21-12-4-5-25(11-12)16-13(20)10-14-15(22-16)23-17(28-14)24-6-8-27-9-7-24/h10,12H,4-9,11,20H2,1-3H3,(H,21,26)/t12-/m1/s1. The number of pyridine rings is 1. The van der Waals surface area contributed by atoms with Gasteiger partial charge in [-0.25, -0.2) is 9.78 Å². The monoisotopic (exact) mass is 404 g/mol. The quantitative estimate of drug-likeness (QED) is 0.788. The molecule has 10 heteroatoms. The summed E-state index contributed by atoms with van der Waals surface area (Å²) in [6.07, 6.45) is 0.378. The van der Waals surface area contributed by atoms with Crippen LogP contribution in [0, 0.1) is 0 Å². The summed E-state index contributed by atoms with van der Waals surface area (Å²) in [6, 6.07) is 2.28. The number of nitrogens with one attached hydrogen (secondary N) is 1. The highest BCUT2D eigenvalue weighted by atomic mass is 16.6. The average Bonchev–Trinajstić information content (AvgIpc) is 3.26. The topological polar surface area (TPSA) is 119 Å². The van der Waals surface area contributed by atoms with E-state index in [2.05, 4.69) is 20.2 Å². The Morgan fingerprint density at radius 3 is 2.72 bits per heavy atom. The Labute approximate surface area is 169 Å². The maximum absolute atomic E-state index is 12.0. The molecule has 2 fully saturated rings. The van der Waals surface area contributed by atoms with Crippen molar-refractivity contribution in [3.05, 3.63) is 6.07 Å². The number of hydrogen-bond acceptors (Lipinski definition) is 9. The van der Waals surface area contributed by atoms with E-state index in [0.29, 0.717) is 48.5 Å². The van der Waals surface area contributed by atoms with Gasteiger partial charge in [-0.2, -0.15) is 4.98 Å². The minimum absolute atomic E-state index is 0.0250. The maximum Gasteiger partial charge on any atom is 0.407 e. The first-order chi connectivity index (χ1) is 13.8. The Morgan fingerprint density at radius 1 is 1.24 bits per heavy atom. The van der Waals surface area contributed by atoms with Crippen molar-refractivity contribution in [1.82, 2.24) is 15.3 Å².